The first-order chi connectivity index (χ1) is 8.18. The van der Waals surface area contributed by atoms with Gasteiger partial charge < -0.3 is 9.88 Å². The highest BCUT2D eigenvalue weighted by atomic mass is 19.4. The van der Waals surface area contributed by atoms with Crippen LogP contribution in [0.15, 0.2) is 0 Å². The number of hydrogen-bond acceptors (Lipinski definition) is 2. The Labute approximate surface area is 104 Å². The number of fused-ring (bicyclic) bond motifs is 1. The molecule has 0 radical (unpaired) electrons. The number of nitrogens with one attached hydrogen (secondary N) is 1. The minimum atomic E-state index is -4.39. The van der Waals surface area contributed by atoms with Gasteiger partial charge in [0.15, 0.2) is 0 Å². The number of alkyl halides is 3. The molecular weight excluding hydrogens is 243 g/mol. The van der Waals surface area contributed by atoms with E-state index < -0.39 is 12.0 Å². The van der Waals surface area contributed by atoms with Crippen LogP contribution in [0, 0.1) is 5.41 Å². The van der Waals surface area contributed by atoms with Crippen molar-refractivity contribution in [3.8, 4) is 0 Å². The van der Waals surface area contributed by atoms with E-state index in [4.69, 9.17) is 0 Å². The quantitative estimate of drug-likeness (QED) is 0.842. The van der Waals surface area contributed by atoms with E-state index in [1.807, 2.05) is 20.8 Å². The Kier molecular flexibility index (Phi) is 3.17. The smallest absolute Gasteiger partial charge is 0.324 e. The number of rotatable bonds is 1. The van der Waals surface area contributed by atoms with Gasteiger partial charge in [-0.1, -0.05) is 20.8 Å². The van der Waals surface area contributed by atoms with E-state index in [0.29, 0.717) is 31.7 Å². The molecule has 1 aromatic rings. The Hall–Kier alpha value is -1.04. The molecule has 1 aromatic heterocycles. The van der Waals surface area contributed by atoms with Gasteiger partial charge in [-0.2, -0.15) is 13.2 Å². The Morgan fingerprint density at radius 1 is 1.28 bits per heavy atom. The van der Waals surface area contributed by atoms with Crippen LogP contribution in [-0.2, 0) is 25.7 Å². The molecular formula is C12H18F3N3. The fourth-order valence-electron chi connectivity index (χ4n) is 2.23. The number of nitrogens with zero attached hydrogens (tertiary/aromatic N) is 2. The van der Waals surface area contributed by atoms with E-state index in [9.17, 15) is 13.2 Å². The average Bonchev–Trinajstić information content (AvgIpc) is 2.55. The molecule has 2 rings (SSSR count). The summed E-state index contributed by atoms with van der Waals surface area (Å²) in [4.78, 5) is 3.78. The van der Waals surface area contributed by atoms with E-state index in [1.54, 1.807) is 0 Å². The highest BCUT2D eigenvalue weighted by Crippen LogP contribution is 2.33. The minimum absolute atomic E-state index is 0.209. The summed E-state index contributed by atoms with van der Waals surface area (Å²) in [5.41, 5.74) is 1.06. The largest absolute Gasteiger partial charge is 0.449 e. The third-order valence-electron chi connectivity index (χ3n) is 2.87. The van der Waals surface area contributed by atoms with Crippen LogP contribution in [0.4, 0.5) is 13.2 Å². The lowest BCUT2D eigenvalue weighted by atomic mass is 9.96. The summed E-state index contributed by atoms with van der Waals surface area (Å²) in [6.45, 7) is 7.27. The SMILES string of the molecule is CC(C)(C)Cn1c(C(F)(F)F)nc2c1CCNC2. The molecule has 0 aliphatic carbocycles. The summed E-state index contributed by atoms with van der Waals surface area (Å²) in [5.74, 6) is -0.758. The van der Waals surface area contributed by atoms with Gasteiger partial charge in [0.05, 0.1) is 5.69 Å². The summed E-state index contributed by atoms with van der Waals surface area (Å²) in [7, 11) is 0. The van der Waals surface area contributed by atoms with Gasteiger partial charge in [0.2, 0.25) is 5.82 Å². The van der Waals surface area contributed by atoms with Gasteiger partial charge >= 0.3 is 6.18 Å². The van der Waals surface area contributed by atoms with Crippen LogP contribution < -0.4 is 5.32 Å². The van der Waals surface area contributed by atoms with Crippen molar-refractivity contribution < 1.29 is 13.2 Å². The predicted molar refractivity (Wildman–Crippen MR) is 62.1 cm³/mol. The molecule has 0 saturated heterocycles. The molecule has 0 saturated carbocycles. The second-order valence-corrected chi connectivity index (χ2v) is 5.90. The normalized spacial score (nSPS) is 16.8. The standard InChI is InChI=1S/C12H18F3N3/c1-11(2,3)7-18-9-4-5-16-6-8(9)17-10(18)12(13,14)15/h16H,4-7H2,1-3H3. The zero-order chi connectivity index (χ0) is 13.6. The molecule has 0 atom stereocenters. The molecule has 1 aliphatic rings. The van der Waals surface area contributed by atoms with Crippen molar-refractivity contribution >= 4 is 0 Å². The Morgan fingerprint density at radius 3 is 2.50 bits per heavy atom. The zero-order valence-electron chi connectivity index (χ0n) is 10.9. The van der Waals surface area contributed by atoms with Crippen LogP contribution in [0.1, 0.15) is 38.0 Å². The first-order valence-corrected chi connectivity index (χ1v) is 6.05. The van der Waals surface area contributed by atoms with E-state index >= 15 is 0 Å². The van der Waals surface area contributed by atoms with Crippen LogP contribution >= 0.6 is 0 Å². The topological polar surface area (TPSA) is 29.9 Å². The van der Waals surface area contributed by atoms with Gasteiger partial charge in [0.1, 0.15) is 0 Å². The lowest BCUT2D eigenvalue weighted by molar-refractivity contribution is -0.147. The lowest BCUT2D eigenvalue weighted by Crippen LogP contribution is -2.27. The number of aromatic nitrogens is 2. The molecule has 0 spiro atoms. The molecule has 18 heavy (non-hydrogen) atoms. The first kappa shape index (κ1) is 13.4. The van der Waals surface area contributed by atoms with Crippen LogP contribution in [0.3, 0.4) is 0 Å². The second-order valence-electron chi connectivity index (χ2n) is 5.90. The van der Waals surface area contributed by atoms with Crippen LogP contribution in [0.2, 0.25) is 0 Å². The summed E-state index contributed by atoms with van der Waals surface area (Å²) < 4.78 is 40.4. The molecule has 6 heteroatoms. The van der Waals surface area contributed by atoms with Gasteiger partial charge in [-0.25, -0.2) is 4.98 Å². The van der Waals surface area contributed by atoms with Crippen LogP contribution in [0.5, 0.6) is 0 Å². The third-order valence-corrected chi connectivity index (χ3v) is 2.87. The number of halogens is 3. The third kappa shape index (κ3) is 2.68. The maximum atomic E-state index is 13.0. The van der Waals surface area contributed by atoms with Crippen LogP contribution in [0.25, 0.3) is 0 Å². The van der Waals surface area contributed by atoms with Gasteiger partial charge in [-0.05, 0) is 5.41 Å². The molecule has 3 nitrogen and oxygen atoms in total. The number of imidazole rings is 1. The summed E-state index contributed by atoms with van der Waals surface area (Å²) in [6.07, 6.45) is -3.78. The first-order valence-electron chi connectivity index (χ1n) is 6.05. The van der Waals surface area contributed by atoms with Crippen molar-refractivity contribution in [3.05, 3.63) is 17.2 Å². The highest BCUT2D eigenvalue weighted by Gasteiger charge is 2.39. The van der Waals surface area contributed by atoms with Gasteiger partial charge in [0.25, 0.3) is 0 Å². The second kappa shape index (κ2) is 4.26. The summed E-state index contributed by atoms with van der Waals surface area (Å²) in [6, 6.07) is 0. The van der Waals surface area contributed by atoms with Crippen molar-refractivity contribution in [2.45, 2.75) is 46.5 Å². The molecule has 1 aliphatic heterocycles. The molecule has 0 unspecified atom stereocenters. The van der Waals surface area contributed by atoms with Crippen molar-refractivity contribution in [1.29, 1.82) is 0 Å². The molecule has 0 amide bonds. The molecule has 0 fully saturated rings. The Bertz CT molecular complexity index is 441. The van der Waals surface area contributed by atoms with Crippen LogP contribution in [-0.4, -0.2) is 16.1 Å². The van der Waals surface area contributed by atoms with Gasteiger partial charge in [0, 0.05) is 31.7 Å². The van der Waals surface area contributed by atoms with Crippen molar-refractivity contribution in [1.82, 2.24) is 14.9 Å². The predicted octanol–water partition coefficient (Wildman–Crippen LogP) is 2.59. The molecule has 0 aromatic carbocycles. The lowest BCUT2D eigenvalue weighted by Gasteiger charge is -2.24. The van der Waals surface area contributed by atoms with Gasteiger partial charge in [-0.3, -0.25) is 0 Å². The fourth-order valence-corrected chi connectivity index (χ4v) is 2.23. The Balaban J connectivity index is 2.49. The molecule has 102 valence electrons. The Morgan fingerprint density at radius 2 is 1.94 bits per heavy atom. The fraction of sp³-hybridized carbons (Fsp3) is 0.750. The summed E-state index contributed by atoms with van der Waals surface area (Å²) >= 11 is 0. The monoisotopic (exact) mass is 261 g/mol. The van der Waals surface area contributed by atoms with E-state index in [0.717, 1.165) is 5.69 Å². The van der Waals surface area contributed by atoms with E-state index in [-0.39, 0.29) is 5.41 Å². The minimum Gasteiger partial charge on any atom is -0.324 e. The average molecular weight is 261 g/mol. The van der Waals surface area contributed by atoms with Gasteiger partial charge in [-0.15, -0.1) is 0 Å². The maximum absolute atomic E-state index is 13.0. The molecule has 2 heterocycles. The van der Waals surface area contributed by atoms with Crippen molar-refractivity contribution in [2.24, 2.45) is 5.41 Å². The molecule has 1 N–H and O–H groups in total. The highest BCUT2D eigenvalue weighted by molar-refractivity contribution is 5.22. The zero-order valence-corrected chi connectivity index (χ0v) is 10.9. The van der Waals surface area contributed by atoms with Crippen molar-refractivity contribution in [3.63, 3.8) is 0 Å². The molecule has 0 bridgehead atoms. The number of hydrogen-bond donors (Lipinski definition) is 1. The summed E-state index contributed by atoms with van der Waals surface area (Å²) in [5, 5.41) is 3.05. The van der Waals surface area contributed by atoms with E-state index in [2.05, 4.69) is 10.3 Å². The maximum Gasteiger partial charge on any atom is 0.449 e. The van der Waals surface area contributed by atoms with E-state index in [1.165, 1.54) is 4.57 Å². The van der Waals surface area contributed by atoms with Crippen molar-refractivity contribution in [2.75, 3.05) is 6.54 Å².